The summed E-state index contributed by atoms with van der Waals surface area (Å²) in [5.74, 6) is -0.394. The summed E-state index contributed by atoms with van der Waals surface area (Å²) < 4.78 is 0. The summed E-state index contributed by atoms with van der Waals surface area (Å²) in [4.78, 5) is 12.1. The van der Waals surface area contributed by atoms with Gasteiger partial charge in [0.15, 0.2) is 0 Å². The average Bonchev–Trinajstić information content (AvgIpc) is 2.68. The third-order valence-electron chi connectivity index (χ3n) is 8.60. The molecule has 4 aliphatic rings. The molecule has 4 rings (SSSR count). The summed E-state index contributed by atoms with van der Waals surface area (Å²) in [5, 5.41) is 31.7. The van der Waals surface area contributed by atoms with Crippen molar-refractivity contribution in [3.8, 4) is 0 Å². The smallest absolute Gasteiger partial charge is 0.309 e. The van der Waals surface area contributed by atoms with Crippen LogP contribution in [0.4, 0.5) is 0 Å². The van der Waals surface area contributed by atoms with Crippen molar-refractivity contribution in [3.63, 3.8) is 0 Å². The van der Waals surface area contributed by atoms with Crippen molar-refractivity contribution in [3.05, 3.63) is 12.2 Å². The number of fused-ring (bicyclic) bond motifs is 3. The Morgan fingerprint density at radius 2 is 1.83 bits per heavy atom. The molecule has 1 spiro atoms. The van der Waals surface area contributed by atoms with Crippen molar-refractivity contribution in [2.45, 2.75) is 71.0 Å². The van der Waals surface area contributed by atoms with Gasteiger partial charge in [0.25, 0.3) is 0 Å². The van der Waals surface area contributed by atoms with Gasteiger partial charge in [-0.1, -0.05) is 19.1 Å². The number of hydrogen-bond donors (Lipinski definition) is 3. The van der Waals surface area contributed by atoms with E-state index in [1.807, 2.05) is 13.8 Å². The normalized spacial score (nSPS) is 58.9. The molecule has 0 aromatic carbocycles. The van der Waals surface area contributed by atoms with Crippen LogP contribution in [0.1, 0.15) is 59.3 Å². The summed E-state index contributed by atoms with van der Waals surface area (Å²) in [6, 6.07) is 0. The van der Waals surface area contributed by atoms with E-state index in [2.05, 4.69) is 19.1 Å². The number of aliphatic hydroxyl groups excluding tert-OH is 1. The molecule has 2 bridgehead atoms. The standard InChI is InChI=1S/C20H30O4/c1-17(16(22)23)8-7-15(21)19(3)13(17)6-9-20-10-12(4-5-14(19)20)18(2,24)11-20/h4-5,12-15,21,24H,6-11H2,1-3H3,(H,22,23)/t12-,13+,14-,15-,17-,18+,19+,20-/m0/s1. The zero-order chi connectivity index (χ0) is 17.5. The van der Waals surface area contributed by atoms with E-state index in [-0.39, 0.29) is 23.2 Å². The molecule has 4 heteroatoms. The maximum atomic E-state index is 12.1. The first-order valence-corrected chi connectivity index (χ1v) is 9.38. The van der Waals surface area contributed by atoms with Gasteiger partial charge in [0.1, 0.15) is 0 Å². The number of allylic oxidation sites excluding steroid dienone is 1. The van der Waals surface area contributed by atoms with Crippen molar-refractivity contribution in [1.29, 1.82) is 0 Å². The van der Waals surface area contributed by atoms with Crippen LogP contribution in [0.2, 0.25) is 0 Å². The Kier molecular flexibility index (Phi) is 3.21. The van der Waals surface area contributed by atoms with E-state index in [0.717, 1.165) is 25.7 Å². The van der Waals surface area contributed by atoms with Crippen LogP contribution < -0.4 is 0 Å². The van der Waals surface area contributed by atoms with Crippen LogP contribution >= 0.6 is 0 Å². The number of carboxylic acids is 1. The van der Waals surface area contributed by atoms with E-state index in [9.17, 15) is 20.1 Å². The second-order valence-corrected chi connectivity index (χ2v) is 9.80. The van der Waals surface area contributed by atoms with Crippen LogP contribution in [0.3, 0.4) is 0 Å². The Morgan fingerprint density at radius 3 is 2.50 bits per heavy atom. The fraction of sp³-hybridized carbons (Fsp3) is 0.850. The lowest BCUT2D eigenvalue weighted by Crippen LogP contribution is -2.62. The Labute approximate surface area is 144 Å². The van der Waals surface area contributed by atoms with Crippen molar-refractivity contribution >= 4 is 5.97 Å². The van der Waals surface area contributed by atoms with Crippen LogP contribution in [-0.2, 0) is 4.79 Å². The molecule has 3 N–H and O–H groups in total. The Hall–Kier alpha value is -0.870. The van der Waals surface area contributed by atoms with Gasteiger partial charge in [-0.3, -0.25) is 4.79 Å². The summed E-state index contributed by atoms with van der Waals surface area (Å²) >= 11 is 0. The minimum absolute atomic E-state index is 0.0197. The van der Waals surface area contributed by atoms with Crippen LogP contribution in [-0.4, -0.2) is 33.0 Å². The molecule has 0 radical (unpaired) electrons. The first kappa shape index (κ1) is 16.6. The van der Waals surface area contributed by atoms with E-state index >= 15 is 0 Å². The van der Waals surface area contributed by atoms with Gasteiger partial charge in [-0.15, -0.1) is 0 Å². The first-order chi connectivity index (χ1) is 11.1. The van der Waals surface area contributed by atoms with Crippen molar-refractivity contribution in [1.82, 2.24) is 0 Å². The fourth-order valence-electron chi connectivity index (χ4n) is 7.33. The number of hydrogen-bond acceptors (Lipinski definition) is 3. The highest BCUT2D eigenvalue weighted by Gasteiger charge is 2.68. The molecule has 3 fully saturated rings. The van der Waals surface area contributed by atoms with Gasteiger partial charge in [-0.25, -0.2) is 0 Å². The quantitative estimate of drug-likeness (QED) is 0.644. The van der Waals surface area contributed by atoms with Gasteiger partial charge in [0.05, 0.1) is 17.1 Å². The zero-order valence-electron chi connectivity index (χ0n) is 15.0. The summed E-state index contributed by atoms with van der Waals surface area (Å²) in [5.41, 5.74) is -1.84. The van der Waals surface area contributed by atoms with Crippen molar-refractivity contribution in [2.24, 2.45) is 34.0 Å². The van der Waals surface area contributed by atoms with Gasteiger partial charge in [-0.2, -0.15) is 0 Å². The lowest BCUT2D eigenvalue weighted by molar-refractivity contribution is -0.199. The van der Waals surface area contributed by atoms with Gasteiger partial charge in [0.2, 0.25) is 0 Å². The van der Waals surface area contributed by atoms with E-state index in [1.54, 1.807) is 0 Å². The monoisotopic (exact) mass is 334 g/mol. The average molecular weight is 334 g/mol. The molecule has 0 saturated heterocycles. The van der Waals surface area contributed by atoms with Crippen molar-refractivity contribution in [2.75, 3.05) is 0 Å². The Balaban J connectivity index is 1.81. The third kappa shape index (κ3) is 1.79. The molecule has 3 saturated carbocycles. The molecule has 0 amide bonds. The number of aliphatic carboxylic acids is 1. The highest BCUT2D eigenvalue weighted by molar-refractivity contribution is 5.75. The third-order valence-corrected chi connectivity index (χ3v) is 8.60. The van der Waals surface area contributed by atoms with Crippen LogP contribution in [0, 0.1) is 34.0 Å². The van der Waals surface area contributed by atoms with E-state index in [4.69, 9.17) is 0 Å². The number of aliphatic hydroxyl groups is 2. The second-order valence-electron chi connectivity index (χ2n) is 9.80. The second kappa shape index (κ2) is 4.64. The Morgan fingerprint density at radius 1 is 1.12 bits per heavy atom. The molecule has 8 atom stereocenters. The molecule has 0 aromatic rings. The van der Waals surface area contributed by atoms with E-state index < -0.39 is 28.5 Å². The predicted molar refractivity (Wildman–Crippen MR) is 90.2 cm³/mol. The molecule has 4 nitrogen and oxygen atoms in total. The summed E-state index contributed by atoms with van der Waals surface area (Å²) in [6.45, 7) is 5.93. The van der Waals surface area contributed by atoms with Crippen LogP contribution in [0.15, 0.2) is 12.2 Å². The van der Waals surface area contributed by atoms with Crippen LogP contribution in [0.5, 0.6) is 0 Å². The Bertz CT molecular complexity index is 611. The van der Waals surface area contributed by atoms with Gasteiger partial charge < -0.3 is 15.3 Å². The lowest BCUT2D eigenvalue weighted by Gasteiger charge is -2.63. The van der Waals surface area contributed by atoms with E-state index in [0.29, 0.717) is 12.8 Å². The molecule has 134 valence electrons. The molecule has 0 unspecified atom stereocenters. The number of carbonyl (C=O) groups is 1. The van der Waals surface area contributed by atoms with Crippen molar-refractivity contribution < 1.29 is 20.1 Å². The SMILES string of the molecule is C[C@]12[C@@H]3C=C[C@H]4C[C@@]3(CC[C@@H]1[C@@](C)(C(=O)O)CC[C@@H]2O)C[C@@]4(C)O. The molecule has 4 aliphatic carbocycles. The van der Waals surface area contributed by atoms with Gasteiger partial charge >= 0.3 is 5.97 Å². The fourth-order valence-corrected chi connectivity index (χ4v) is 7.33. The first-order valence-electron chi connectivity index (χ1n) is 9.38. The van der Waals surface area contributed by atoms with Crippen LogP contribution in [0.25, 0.3) is 0 Å². The molecular weight excluding hydrogens is 304 g/mol. The summed E-state index contributed by atoms with van der Waals surface area (Å²) in [6.07, 6.45) is 8.53. The van der Waals surface area contributed by atoms with Gasteiger partial charge in [-0.05, 0) is 69.6 Å². The highest BCUT2D eigenvalue weighted by Crippen LogP contribution is 2.71. The predicted octanol–water partition coefficient (Wildman–Crippen LogP) is 2.98. The minimum Gasteiger partial charge on any atom is -0.481 e. The minimum atomic E-state index is -0.762. The molecular formula is C20H30O4. The van der Waals surface area contributed by atoms with Gasteiger partial charge in [0, 0.05) is 11.3 Å². The lowest BCUT2D eigenvalue weighted by atomic mass is 9.41. The number of carboxylic acid groups (broad SMARTS) is 1. The highest BCUT2D eigenvalue weighted by atomic mass is 16.4. The maximum absolute atomic E-state index is 12.1. The molecule has 0 aliphatic heterocycles. The topological polar surface area (TPSA) is 77.8 Å². The van der Waals surface area contributed by atoms with E-state index in [1.165, 1.54) is 0 Å². The largest absolute Gasteiger partial charge is 0.481 e. The number of rotatable bonds is 1. The molecule has 0 aromatic heterocycles. The molecule has 0 heterocycles. The maximum Gasteiger partial charge on any atom is 0.309 e. The molecule has 24 heavy (non-hydrogen) atoms. The zero-order valence-corrected chi connectivity index (χ0v) is 15.0. The summed E-state index contributed by atoms with van der Waals surface area (Å²) in [7, 11) is 0.